The molecule has 0 saturated heterocycles. The van der Waals surface area contributed by atoms with Crippen LogP contribution in [0.25, 0.3) is 0 Å². The second-order valence-corrected chi connectivity index (χ2v) is 23.3. The van der Waals surface area contributed by atoms with Crippen LogP contribution in [0.15, 0.2) is 243 Å². The van der Waals surface area contributed by atoms with E-state index in [9.17, 15) is 0 Å². The first-order chi connectivity index (χ1) is 28.8. The van der Waals surface area contributed by atoms with E-state index in [0.717, 1.165) is 0 Å². The Morgan fingerprint density at radius 3 is 0.414 bits per heavy atom. The maximum Gasteiger partial charge on any atom is -0.0195 e. The molecule has 0 aromatic heterocycles. The molecule has 0 aliphatic heterocycles. The Hall–Kier alpha value is -4.52. The summed E-state index contributed by atoms with van der Waals surface area (Å²) in [5, 5.41) is 11.9. The van der Waals surface area contributed by atoms with Gasteiger partial charge in [-0.1, -0.05) is 243 Å². The minimum atomic E-state index is -0.309. The fraction of sp³-hybridized carbons (Fsp3) is 0.111. The molecule has 0 radical (unpaired) electrons. The Balaban J connectivity index is 0.000000177. The first-order valence-electron chi connectivity index (χ1n) is 20.3. The van der Waals surface area contributed by atoms with Crippen molar-refractivity contribution in [2.24, 2.45) is 0 Å². The van der Waals surface area contributed by atoms with Gasteiger partial charge >= 0.3 is 0 Å². The SMILES string of the molecule is c1ccc(P(CCCP(c2ccccc2)c2ccccc2)c2ccccc2)cc1.c1ccc(P(CCCP(c2ccccc2)c2ccccc2)c2ccccc2)cc1. The third-order valence-corrected chi connectivity index (χ3v) is 20.5. The zero-order valence-electron chi connectivity index (χ0n) is 33.1. The molecule has 0 atom stereocenters. The predicted molar refractivity (Wildman–Crippen MR) is 265 cm³/mol. The summed E-state index contributed by atoms with van der Waals surface area (Å²) in [6, 6.07) is 88.6. The van der Waals surface area contributed by atoms with Crippen molar-refractivity contribution >= 4 is 74.1 Å². The molecule has 0 spiro atoms. The molecule has 0 saturated carbocycles. The van der Waals surface area contributed by atoms with Crippen LogP contribution >= 0.6 is 31.7 Å². The van der Waals surface area contributed by atoms with Gasteiger partial charge in [-0.05, 0) is 112 Å². The molecule has 4 heteroatoms. The van der Waals surface area contributed by atoms with Gasteiger partial charge in [-0.25, -0.2) is 0 Å². The maximum atomic E-state index is 2.30. The van der Waals surface area contributed by atoms with Crippen LogP contribution in [0.3, 0.4) is 0 Å². The van der Waals surface area contributed by atoms with E-state index in [2.05, 4.69) is 243 Å². The monoisotopic (exact) mass is 824 g/mol. The minimum absolute atomic E-state index is 0.309. The molecule has 0 aliphatic rings. The van der Waals surface area contributed by atoms with Crippen LogP contribution in [0.2, 0.25) is 0 Å². The number of benzene rings is 8. The van der Waals surface area contributed by atoms with Crippen molar-refractivity contribution in [3.05, 3.63) is 243 Å². The van der Waals surface area contributed by atoms with Gasteiger partial charge in [0.1, 0.15) is 0 Å². The van der Waals surface area contributed by atoms with Gasteiger partial charge in [-0.15, -0.1) is 0 Å². The summed E-state index contributed by atoms with van der Waals surface area (Å²) in [6.45, 7) is 0. The van der Waals surface area contributed by atoms with Crippen LogP contribution < -0.4 is 42.4 Å². The van der Waals surface area contributed by atoms with Crippen LogP contribution in [-0.2, 0) is 0 Å². The third kappa shape index (κ3) is 12.3. The van der Waals surface area contributed by atoms with Crippen LogP contribution in [-0.4, -0.2) is 24.6 Å². The van der Waals surface area contributed by atoms with Crippen LogP contribution in [0.4, 0.5) is 0 Å². The van der Waals surface area contributed by atoms with Crippen molar-refractivity contribution in [2.45, 2.75) is 12.8 Å². The van der Waals surface area contributed by atoms with Gasteiger partial charge < -0.3 is 0 Å². The number of hydrogen-bond donors (Lipinski definition) is 0. The van der Waals surface area contributed by atoms with Crippen molar-refractivity contribution < 1.29 is 0 Å². The van der Waals surface area contributed by atoms with E-state index in [1.807, 2.05) is 0 Å². The van der Waals surface area contributed by atoms with Crippen molar-refractivity contribution in [3.63, 3.8) is 0 Å². The molecular weight excluding hydrogens is 772 g/mol. The van der Waals surface area contributed by atoms with Crippen LogP contribution in [0, 0.1) is 0 Å². The normalized spacial score (nSPS) is 11.1. The predicted octanol–water partition coefficient (Wildman–Crippen LogP) is 11.3. The van der Waals surface area contributed by atoms with Gasteiger partial charge in [0.15, 0.2) is 0 Å². The first kappa shape index (κ1) is 41.6. The molecular formula is C54H52P4. The maximum absolute atomic E-state index is 2.30. The van der Waals surface area contributed by atoms with Gasteiger partial charge in [0.25, 0.3) is 0 Å². The Bertz CT molecular complexity index is 1780. The molecule has 0 heterocycles. The van der Waals surface area contributed by atoms with E-state index in [4.69, 9.17) is 0 Å². The Morgan fingerprint density at radius 1 is 0.172 bits per heavy atom. The summed E-state index contributed by atoms with van der Waals surface area (Å²) in [5.74, 6) is 0. The molecule has 288 valence electrons. The zero-order chi connectivity index (χ0) is 39.5. The molecule has 8 aromatic carbocycles. The first-order valence-corrected chi connectivity index (χ1v) is 26.4. The highest BCUT2D eigenvalue weighted by atomic mass is 31.1. The van der Waals surface area contributed by atoms with Gasteiger partial charge in [-0.3, -0.25) is 0 Å². The minimum Gasteiger partial charge on any atom is -0.0622 e. The third-order valence-electron chi connectivity index (χ3n) is 10.1. The molecule has 8 rings (SSSR count). The highest BCUT2D eigenvalue weighted by molar-refractivity contribution is 7.74. The Morgan fingerprint density at radius 2 is 0.293 bits per heavy atom. The number of hydrogen-bond acceptors (Lipinski definition) is 0. The summed E-state index contributed by atoms with van der Waals surface area (Å²) in [6.07, 6.45) is 7.43. The van der Waals surface area contributed by atoms with Crippen LogP contribution in [0.1, 0.15) is 12.8 Å². The van der Waals surface area contributed by atoms with E-state index in [0.29, 0.717) is 0 Å². The lowest BCUT2D eigenvalue weighted by Gasteiger charge is -2.22. The molecule has 8 aromatic rings. The summed E-state index contributed by atoms with van der Waals surface area (Å²) in [4.78, 5) is 0. The fourth-order valence-electron chi connectivity index (χ4n) is 7.27. The van der Waals surface area contributed by atoms with Crippen molar-refractivity contribution in [2.75, 3.05) is 24.6 Å². The smallest absolute Gasteiger partial charge is 0.0195 e. The summed E-state index contributed by atoms with van der Waals surface area (Å²) >= 11 is 0. The van der Waals surface area contributed by atoms with Crippen LogP contribution in [0.5, 0.6) is 0 Å². The van der Waals surface area contributed by atoms with Gasteiger partial charge in [-0.2, -0.15) is 0 Å². The quantitative estimate of drug-likeness (QED) is 0.0852. The molecule has 0 bridgehead atoms. The summed E-state index contributed by atoms with van der Waals surface area (Å²) in [5.41, 5.74) is 0. The average Bonchev–Trinajstić information content (AvgIpc) is 3.32. The second-order valence-electron chi connectivity index (χ2n) is 14.0. The topological polar surface area (TPSA) is 0 Å². The lowest BCUT2D eigenvalue weighted by atomic mass is 10.4. The molecule has 0 aliphatic carbocycles. The molecule has 0 amide bonds. The highest BCUT2D eigenvalue weighted by Gasteiger charge is 2.19. The van der Waals surface area contributed by atoms with E-state index in [1.54, 1.807) is 0 Å². The van der Waals surface area contributed by atoms with Gasteiger partial charge in [0.05, 0.1) is 0 Å². The Labute approximate surface area is 352 Å². The molecule has 0 unspecified atom stereocenters. The molecule has 0 fully saturated rings. The molecule has 58 heavy (non-hydrogen) atoms. The average molecular weight is 825 g/mol. The number of rotatable bonds is 16. The lowest BCUT2D eigenvalue weighted by Crippen LogP contribution is -2.17. The van der Waals surface area contributed by atoms with Gasteiger partial charge in [0.2, 0.25) is 0 Å². The van der Waals surface area contributed by atoms with E-state index < -0.39 is 0 Å². The van der Waals surface area contributed by atoms with Gasteiger partial charge in [0, 0.05) is 0 Å². The van der Waals surface area contributed by atoms with Crippen molar-refractivity contribution in [1.29, 1.82) is 0 Å². The Kier molecular flexibility index (Phi) is 16.6. The highest BCUT2D eigenvalue weighted by Crippen LogP contribution is 2.40. The fourth-order valence-corrected chi connectivity index (χ4v) is 17.2. The zero-order valence-corrected chi connectivity index (χ0v) is 36.7. The van der Waals surface area contributed by atoms with E-state index in [1.165, 1.54) is 79.9 Å². The molecule has 0 nitrogen and oxygen atoms in total. The second kappa shape index (κ2) is 23.2. The van der Waals surface area contributed by atoms with Crippen molar-refractivity contribution in [1.82, 2.24) is 0 Å². The lowest BCUT2D eigenvalue weighted by molar-refractivity contribution is 1.11. The summed E-state index contributed by atoms with van der Waals surface area (Å²) in [7, 11) is -1.24. The standard InChI is InChI=1S/2C27H26P2/c2*1-5-14-24(15-6-1)28(25-16-7-2-8-17-25)22-13-23-29(26-18-9-3-10-19-26)27-20-11-4-12-21-27/h2*1-12,14-21H,13,22-23H2. The van der Waals surface area contributed by atoms with E-state index >= 15 is 0 Å². The van der Waals surface area contributed by atoms with Crippen molar-refractivity contribution in [3.8, 4) is 0 Å². The summed E-state index contributed by atoms with van der Waals surface area (Å²) < 4.78 is 0. The van der Waals surface area contributed by atoms with E-state index in [-0.39, 0.29) is 31.7 Å². The largest absolute Gasteiger partial charge is 0.0622 e. The molecule has 0 N–H and O–H groups in total.